The number of rotatable bonds is 28. The number of aliphatic hydroxyl groups is 1. The first kappa shape index (κ1) is 40.8. The van der Waals surface area contributed by atoms with E-state index in [2.05, 4.69) is 13.8 Å². The predicted octanol–water partition coefficient (Wildman–Crippen LogP) is 10.6. The molecule has 0 fully saturated rings. The summed E-state index contributed by atoms with van der Waals surface area (Å²) in [4.78, 5) is 13.0. The van der Waals surface area contributed by atoms with Gasteiger partial charge in [0.05, 0.1) is 12.7 Å². The number of hydrogen-bond acceptors (Lipinski definition) is 7. The Hall–Kier alpha value is -0.200. The Morgan fingerprint density at radius 1 is 0.780 bits per heavy atom. The number of hydrogen-bond donors (Lipinski definition) is 1. The van der Waals surface area contributed by atoms with Crippen LogP contribution < -0.4 is 0 Å². The highest BCUT2D eigenvalue weighted by Gasteiger charge is 2.62. The Bertz CT molecular complexity index is 656. The molecule has 4 atom stereocenters. The summed E-state index contributed by atoms with van der Waals surface area (Å²) in [6, 6.07) is 0. The van der Waals surface area contributed by atoms with Crippen LogP contribution in [0, 0.1) is 5.41 Å². The molecule has 0 bridgehead atoms. The van der Waals surface area contributed by atoms with E-state index in [1.54, 1.807) is 0 Å². The van der Waals surface area contributed by atoms with Gasteiger partial charge >= 0.3 is 19.5 Å². The number of unbranched alkanes of at least 4 members (excludes halogenated alkanes) is 14. The van der Waals surface area contributed by atoms with Crippen LogP contribution in [0.2, 0.25) is 0 Å². The van der Waals surface area contributed by atoms with Crippen molar-refractivity contribution in [1.29, 1.82) is 0 Å². The Kier molecular flexibility index (Phi) is 25.0. The maximum absolute atomic E-state index is 13.0. The quantitative estimate of drug-likeness (QED) is 0.0403. The van der Waals surface area contributed by atoms with E-state index in [-0.39, 0.29) is 23.9 Å². The summed E-state index contributed by atoms with van der Waals surface area (Å²) in [5, 5.41) is 11.4. The molecular formula is C33H66O6PS+. The van der Waals surface area contributed by atoms with E-state index >= 15 is 0 Å². The number of ether oxygens (including phenoxy) is 2. The van der Waals surface area contributed by atoms with Crippen LogP contribution in [0.5, 0.6) is 0 Å². The molecule has 0 aliphatic carbocycles. The molecule has 6 nitrogen and oxygen atoms in total. The average molecular weight is 622 g/mol. The van der Waals surface area contributed by atoms with E-state index in [0.29, 0.717) is 6.42 Å². The molecule has 0 aromatic heterocycles. The zero-order chi connectivity index (χ0) is 31.0. The van der Waals surface area contributed by atoms with Gasteiger partial charge in [-0.2, -0.15) is 11.8 Å². The number of thioether (sulfide) groups is 1. The molecule has 0 aliphatic rings. The van der Waals surface area contributed by atoms with E-state index in [9.17, 15) is 14.5 Å². The van der Waals surface area contributed by atoms with Crippen LogP contribution in [-0.2, 0) is 23.4 Å². The normalized spacial score (nSPS) is 15.4. The van der Waals surface area contributed by atoms with Crippen molar-refractivity contribution < 1.29 is 28.5 Å². The third-order valence-corrected chi connectivity index (χ3v) is 9.88. The third-order valence-electron chi connectivity index (χ3n) is 7.11. The standard InChI is InChI=1S/C33H66O6PS/c1-8-11-13-15-17-18-19-20-22-24-27-41-30(25-23-21-16-14-12-9-2)29(4)39-33(35,40(36)38-26-10-3)31(34)37-28-32(5,6)7/h29-30,35H,8-28H2,1-7H3/q+1. The van der Waals surface area contributed by atoms with E-state index in [0.717, 1.165) is 31.4 Å². The average Bonchev–Trinajstić information content (AvgIpc) is 2.93. The fraction of sp³-hybridized carbons (Fsp3) is 0.970. The van der Waals surface area contributed by atoms with Crippen molar-refractivity contribution in [2.45, 2.75) is 181 Å². The molecule has 244 valence electrons. The van der Waals surface area contributed by atoms with Gasteiger partial charge in [0, 0.05) is 5.25 Å². The third kappa shape index (κ3) is 21.2. The number of carbonyl (C=O) groups excluding carboxylic acids is 1. The van der Waals surface area contributed by atoms with Gasteiger partial charge in [0.25, 0.3) is 0 Å². The lowest BCUT2D eigenvalue weighted by Gasteiger charge is -2.27. The first-order valence-corrected chi connectivity index (χ1v) is 19.0. The molecule has 0 aromatic carbocycles. The minimum atomic E-state index is -2.83. The van der Waals surface area contributed by atoms with Crippen LogP contribution >= 0.6 is 19.8 Å². The summed E-state index contributed by atoms with van der Waals surface area (Å²) in [5.41, 5.74) is -2.92. The fourth-order valence-corrected chi connectivity index (χ4v) is 6.86. The predicted molar refractivity (Wildman–Crippen MR) is 176 cm³/mol. The molecule has 1 N–H and O–H groups in total. The zero-order valence-electron chi connectivity index (χ0n) is 27.8. The molecule has 0 spiro atoms. The van der Waals surface area contributed by atoms with Crippen molar-refractivity contribution in [3.8, 4) is 0 Å². The van der Waals surface area contributed by atoms with E-state index in [1.807, 2.05) is 46.4 Å². The second-order valence-electron chi connectivity index (χ2n) is 12.8. The zero-order valence-corrected chi connectivity index (χ0v) is 29.6. The van der Waals surface area contributed by atoms with Gasteiger partial charge in [-0.05, 0) is 41.9 Å². The van der Waals surface area contributed by atoms with Crippen molar-refractivity contribution in [2.24, 2.45) is 5.41 Å². The van der Waals surface area contributed by atoms with Crippen LogP contribution in [0.25, 0.3) is 0 Å². The van der Waals surface area contributed by atoms with E-state index in [1.165, 1.54) is 83.5 Å². The molecule has 0 rings (SSSR count). The molecule has 4 unspecified atom stereocenters. The monoisotopic (exact) mass is 621 g/mol. The first-order chi connectivity index (χ1) is 19.5. The molecule has 0 saturated heterocycles. The molecule has 0 aromatic rings. The van der Waals surface area contributed by atoms with Crippen molar-refractivity contribution in [3.63, 3.8) is 0 Å². The maximum atomic E-state index is 13.0. The number of carbonyl (C=O) groups is 1. The largest absolute Gasteiger partial charge is 0.589 e. The summed E-state index contributed by atoms with van der Waals surface area (Å²) >= 11 is 1.85. The van der Waals surface area contributed by atoms with Gasteiger partial charge in [0.1, 0.15) is 6.61 Å². The summed E-state index contributed by atoms with van der Waals surface area (Å²) in [6.45, 7) is 14.3. The highest BCUT2D eigenvalue weighted by molar-refractivity contribution is 7.99. The highest BCUT2D eigenvalue weighted by atomic mass is 32.2. The van der Waals surface area contributed by atoms with Crippen molar-refractivity contribution in [2.75, 3.05) is 19.0 Å². The number of esters is 1. The summed E-state index contributed by atoms with van der Waals surface area (Å²) < 4.78 is 29.7. The molecule has 41 heavy (non-hydrogen) atoms. The van der Waals surface area contributed by atoms with Gasteiger partial charge in [-0.3, -0.25) is 4.74 Å². The maximum Gasteiger partial charge on any atom is 0.589 e. The second-order valence-corrected chi connectivity index (χ2v) is 15.5. The highest BCUT2D eigenvalue weighted by Crippen LogP contribution is 2.43. The Morgan fingerprint density at radius 3 is 1.76 bits per heavy atom. The van der Waals surface area contributed by atoms with Gasteiger partial charge in [-0.1, -0.05) is 138 Å². The van der Waals surface area contributed by atoms with Crippen LogP contribution in [0.4, 0.5) is 0 Å². The molecule has 0 heterocycles. The van der Waals surface area contributed by atoms with Crippen LogP contribution in [0.3, 0.4) is 0 Å². The van der Waals surface area contributed by atoms with Gasteiger partial charge < -0.3 is 9.84 Å². The van der Waals surface area contributed by atoms with Crippen LogP contribution in [0.15, 0.2) is 0 Å². The van der Waals surface area contributed by atoms with E-state index < -0.39 is 25.6 Å². The Balaban J connectivity index is 5.10. The van der Waals surface area contributed by atoms with Crippen molar-refractivity contribution >= 4 is 25.8 Å². The lowest BCUT2D eigenvalue weighted by Crippen LogP contribution is -2.45. The van der Waals surface area contributed by atoms with Gasteiger partial charge in [-0.25, -0.2) is 4.79 Å². The molecule has 0 amide bonds. The minimum Gasteiger partial charge on any atom is -0.458 e. The summed E-state index contributed by atoms with van der Waals surface area (Å²) in [7, 11) is -2.83. The van der Waals surface area contributed by atoms with Gasteiger partial charge in [0.2, 0.25) is 0 Å². The smallest absolute Gasteiger partial charge is 0.458 e. The summed E-state index contributed by atoms with van der Waals surface area (Å²) in [6.07, 6.45) is 21.3. The van der Waals surface area contributed by atoms with E-state index in [4.69, 9.17) is 14.0 Å². The van der Waals surface area contributed by atoms with Crippen LogP contribution in [0.1, 0.15) is 164 Å². The minimum absolute atomic E-state index is 0.0799. The Labute approximate surface area is 259 Å². The summed E-state index contributed by atoms with van der Waals surface area (Å²) in [5.74, 6) is -0.0229. The second kappa shape index (κ2) is 25.2. The van der Waals surface area contributed by atoms with Crippen molar-refractivity contribution in [1.82, 2.24) is 0 Å². The van der Waals surface area contributed by atoms with Crippen LogP contribution in [-0.4, -0.2) is 46.9 Å². The van der Waals surface area contributed by atoms with Crippen molar-refractivity contribution in [3.05, 3.63) is 0 Å². The first-order valence-electron chi connectivity index (χ1n) is 16.8. The lowest BCUT2D eigenvalue weighted by atomic mass is 9.99. The molecule has 8 heteroatoms. The fourth-order valence-electron chi connectivity index (χ4n) is 4.54. The SMILES string of the molecule is CCCCCCCCCCCCSC(CCCCCCCC)C(C)OC(O)(C(=O)OCC(C)(C)C)[P+](=O)OCCC. The van der Waals surface area contributed by atoms with Gasteiger partial charge in [0.15, 0.2) is 0 Å². The van der Waals surface area contributed by atoms with Gasteiger partial charge in [-0.15, -0.1) is 4.52 Å². The lowest BCUT2D eigenvalue weighted by molar-refractivity contribution is -0.211. The molecule has 0 radical (unpaired) electrons. The molecule has 0 saturated carbocycles. The Morgan fingerprint density at radius 2 is 1.27 bits per heavy atom. The topological polar surface area (TPSA) is 82.1 Å². The molecule has 0 aliphatic heterocycles. The molecular weight excluding hydrogens is 555 g/mol.